The average Bonchev–Trinajstić information content (AvgIpc) is 2.83. The van der Waals surface area contributed by atoms with Crippen LogP contribution in [0.2, 0.25) is 0 Å². The number of aryl methyl sites for hydroxylation is 2. The maximum atomic E-state index is 12.7. The molecule has 0 saturated heterocycles. The number of hydrogen-bond acceptors (Lipinski definition) is 6. The van der Waals surface area contributed by atoms with Crippen molar-refractivity contribution in [3.63, 3.8) is 0 Å². The van der Waals surface area contributed by atoms with E-state index in [1.165, 1.54) is 12.1 Å². The summed E-state index contributed by atoms with van der Waals surface area (Å²) >= 11 is 0. The van der Waals surface area contributed by atoms with Crippen LogP contribution in [0.1, 0.15) is 36.1 Å². The molecule has 28 heavy (non-hydrogen) atoms. The number of rotatable bonds is 4. The molecule has 2 aromatic carbocycles. The van der Waals surface area contributed by atoms with E-state index in [0.717, 1.165) is 25.3 Å². The number of nitrogens with two attached hydrogens (primary N) is 1. The summed E-state index contributed by atoms with van der Waals surface area (Å²) in [4.78, 5) is 36.7. The largest absolute Gasteiger partial charge is 0.469 e. The molecule has 0 unspecified atom stereocenters. The fraction of sp³-hybridized carbons (Fsp3) is 0.250. The molecule has 2 aromatic rings. The zero-order valence-electron chi connectivity index (χ0n) is 20.8. The normalized spacial score (nSPS) is 19.8. The number of esters is 1. The Bertz CT molecular complexity index is 1130. The van der Waals surface area contributed by atoms with Gasteiger partial charge in [-0.15, -0.1) is 0 Å². The molecule has 0 fully saturated rings. The lowest BCUT2D eigenvalue weighted by Crippen LogP contribution is -2.42. The fourth-order valence-electron chi connectivity index (χ4n) is 2.68. The zero-order valence-corrected chi connectivity index (χ0v) is 14.8. The molecule has 0 aromatic heterocycles. The van der Waals surface area contributed by atoms with Crippen molar-refractivity contribution < 1.29 is 32.1 Å². The molecule has 0 saturated carbocycles. The van der Waals surface area contributed by atoms with E-state index >= 15 is 0 Å². The Hall–Kier alpha value is -3.55. The van der Waals surface area contributed by atoms with Gasteiger partial charge in [0.15, 0.2) is 5.75 Å². The second kappa shape index (κ2) is 7.59. The topological polar surface area (TPSA) is 120 Å². The summed E-state index contributed by atoms with van der Waals surface area (Å²) < 4.78 is 55.9. The molecule has 3 rings (SSSR count). The highest BCUT2D eigenvalue weighted by Crippen LogP contribution is 2.34. The summed E-state index contributed by atoms with van der Waals surface area (Å²) in [6, 6.07) is 4.66. The van der Waals surface area contributed by atoms with Crippen molar-refractivity contribution in [1.82, 2.24) is 5.32 Å². The van der Waals surface area contributed by atoms with Crippen LogP contribution in [0.3, 0.4) is 0 Å². The minimum Gasteiger partial charge on any atom is -0.469 e. The predicted octanol–water partition coefficient (Wildman–Crippen LogP) is 2.29. The number of fused-ring (bicyclic) bond motifs is 1. The number of nitrogen functional groups attached to an aromatic ring is 1. The standard InChI is InChI=1S/C20H21N3O5/c1-10-4-11(2)6-12(5-10)28-17-7-13-15(8-14(17)21)22-20(26)16(23-19(13)25)9-18(24)27-3/h4-8,16H,9,21H2,1-3H3,(H,22,26)(H,23,25)/t16-/m0/s1/i1D3,2D3. The van der Waals surface area contributed by atoms with Crippen LogP contribution in [0.4, 0.5) is 11.4 Å². The minimum atomic E-state index is -2.60. The molecule has 1 heterocycles. The number of nitrogens with one attached hydrogen (secondary N) is 2. The number of amides is 2. The van der Waals surface area contributed by atoms with Gasteiger partial charge >= 0.3 is 5.97 Å². The number of carbonyl (C=O) groups is 3. The fourth-order valence-corrected chi connectivity index (χ4v) is 2.68. The lowest BCUT2D eigenvalue weighted by atomic mass is 10.1. The van der Waals surface area contributed by atoms with Gasteiger partial charge in [0.25, 0.3) is 5.91 Å². The third-order valence-electron chi connectivity index (χ3n) is 4.01. The van der Waals surface area contributed by atoms with E-state index in [4.69, 9.17) is 18.7 Å². The minimum absolute atomic E-state index is 0.0204. The lowest BCUT2D eigenvalue weighted by Gasteiger charge is -2.13. The SMILES string of the molecule is [2H]C([2H])([2H])c1cc(Oc2cc3c(cc2N)NC(=O)[C@H](CC(=O)OC)NC3=O)cc(C([2H])([2H])[2H])c1. The van der Waals surface area contributed by atoms with Crippen LogP contribution in [0.5, 0.6) is 11.5 Å². The van der Waals surface area contributed by atoms with Gasteiger partial charge in [0.1, 0.15) is 11.8 Å². The van der Waals surface area contributed by atoms with Crippen molar-refractivity contribution >= 4 is 29.2 Å². The summed E-state index contributed by atoms with van der Waals surface area (Å²) in [7, 11) is 1.15. The van der Waals surface area contributed by atoms with Gasteiger partial charge < -0.3 is 25.8 Å². The molecule has 0 aliphatic carbocycles. The Morgan fingerprint density at radius 3 is 2.54 bits per heavy atom. The summed E-state index contributed by atoms with van der Waals surface area (Å²) in [5, 5.41) is 4.93. The molecule has 8 nitrogen and oxygen atoms in total. The molecule has 146 valence electrons. The van der Waals surface area contributed by atoms with Gasteiger partial charge in [-0.05, 0) is 49.1 Å². The van der Waals surface area contributed by atoms with Gasteiger partial charge in [0.05, 0.1) is 30.5 Å². The Morgan fingerprint density at radius 2 is 1.89 bits per heavy atom. The van der Waals surface area contributed by atoms with Gasteiger partial charge in [-0.25, -0.2) is 0 Å². The van der Waals surface area contributed by atoms with E-state index in [1.54, 1.807) is 0 Å². The van der Waals surface area contributed by atoms with Crippen molar-refractivity contribution in [3.8, 4) is 11.5 Å². The molecular formula is C20H21N3O5. The van der Waals surface area contributed by atoms with Gasteiger partial charge in [0.2, 0.25) is 5.91 Å². The molecule has 8 heteroatoms. The molecule has 1 atom stereocenters. The van der Waals surface area contributed by atoms with Gasteiger partial charge in [-0.3, -0.25) is 14.4 Å². The van der Waals surface area contributed by atoms with Crippen LogP contribution in [0.25, 0.3) is 0 Å². The predicted molar refractivity (Wildman–Crippen MR) is 103 cm³/mol. The number of carbonyl (C=O) groups excluding carboxylic acids is 3. The van der Waals surface area contributed by atoms with Crippen molar-refractivity contribution in [1.29, 1.82) is 0 Å². The van der Waals surface area contributed by atoms with Gasteiger partial charge in [0, 0.05) is 8.22 Å². The first-order chi connectivity index (χ1) is 15.7. The van der Waals surface area contributed by atoms with Gasteiger partial charge in [-0.1, -0.05) is 6.07 Å². The molecule has 1 aliphatic heterocycles. The summed E-state index contributed by atoms with van der Waals surface area (Å²) in [6.45, 7) is -5.20. The highest BCUT2D eigenvalue weighted by Gasteiger charge is 2.30. The Kier molecular flexibility index (Phi) is 3.46. The van der Waals surface area contributed by atoms with Crippen molar-refractivity contribution in [3.05, 3.63) is 47.0 Å². The molecule has 0 radical (unpaired) electrons. The van der Waals surface area contributed by atoms with Crippen molar-refractivity contribution in [2.24, 2.45) is 0 Å². The van der Waals surface area contributed by atoms with E-state index in [0.29, 0.717) is 0 Å². The summed E-state index contributed by atoms with van der Waals surface area (Å²) in [5.74, 6) is -2.25. The molecule has 2 amide bonds. The third-order valence-corrected chi connectivity index (χ3v) is 4.01. The first-order valence-electron chi connectivity index (χ1n) is 11.1. The van der Waals surface area contributed by atoms with Crippen LogP contribution in [0.15, 0.2) is 30.3 Å². The lowest BCUT2D eigenvalue weighted by molar-refractivity contribution is -0.142. The second-order valence-electron chi connectivity index (χ2n) is 6.08. The molecule has 0 spiro atoms. The maximum absolute atomic E-state index is 12.7. The number of hydrogen-bond donors (Lipinski definition) is 3. The van der Waals surface area contributed by atoms with E-state index in [2.05, 4.69) is 15.4 Å². The number of anilines is 2. The maximum Gasteiger partial charge on any atom is 0.308 e. The summed E-state index contributed by atoms with van der Waals surface area (Å²) in [5.41, 5.74) is 5.53. The van der Waals surface area contributed by atoms with Crippen LogP contribution >= 0.6 is 0 Å². The Balaban J connectivity index is 1.99. The monoisotopic (exact) mass is 389 g/mol. The number of methoxy groups -OCH3 is 1. The van der Waals surface area contributed by atoms with Crippen LogP contribution < -0.4 is 21.1 Å². The quantitative estimate of drug-likeness (QED) is 0.545. The second-order valence-corrected chi connectivity index (χ2v) is 6.08. The van der Waals surface area contributed by atoms with Gasteiger partial charge in [-0.2, -0.15) is 0 Å². The number of ether oxygens (including phenoxy) is 2. The smallest absolute Gasteiger partial charge is 0.308 e. The average molecular weight is 389 g/mol. The molecule has 4 N–H and O–H groups in total. The highest BCUT2D eigenvalue weighted by atomic mass is 16.5. The van der Waals surface area contributed by atoms with Crippen molar-refractivity contribution in [2.45, 2.75) is 26.2 Å². The van der Waals surface area contributed by atoms with E-state index in [1.807, 2.05) is 0 Å². The van der Waals surface area contributed by atoms with Crippen LogP contribution in [0, 0.1) is 13.7 Å². The zero-order chi connectivity index (χ0) is 25.4. The molecular weight excluding hydrogens is 362 g/mol. The van der Waals surface area contributed by atoms with Crippen LogP contribution in [-0.4, -0.2) is 30.9 Å². The van der Waals surface area contributed by atoms with E-state index in [-0.39, 0.29) is 46.0 Å². The molecule has 1 aliphatic rings. The third kappa shape index (κ3) is 4.06. The first-order valence-corrected chi connectivity index (χ1v) is 8.15. The van der Waals surface area contributed by atoms with E-state index < -0.39 is 37.5 Å². The highest BCUT2D eigenvalue weighted by molar-refractivity contribution is 6.11. The van der Waals surface area contributed by atoms with E-state index in [9.17, 15) is 14.4 Å². The van der Waals surface area contributed by atoms with Crippen molar-refractivity contribution in [2.75, 3.05) is 18.2 Å². The molecule has 0 bridgehead atoms. The number of benzene rings is 2. The first kappa shape index (κ1) is 12.8. The Labute approximate surface area is 170 Å². The summed E-state index contributed by atoms with van der Waals surface area (Å²) in [6.07, 6.45) is -0.388. The Morgan fingerprint density at radius 1 is 1.18 bits per heavy atom. The van der Waals surface area contributed by atoms with Crippen LogP contribution in [-0.2, 0) is 14.3 Å².